The van der Waals surface area contributed by atoms with Crippen LogP contribution < -0.4 is 5.32 Å². The second kappa shape index (κ2) is 6.39. The van der Waals surface area contributed by atoms with Gasteiger partial charge < -0.3 is 5.32 Å². The number of benzene rings is 1. The molecule has 114 valence electrons. The second-order valence-corrected chi connectivity index (χ2v) is 5.71. The van der Waals surface area contributed by atoms with Crippen LogP contribution in [0.2, 0.25) is 0 Å². The Balaban J connectivity index is 2.43. The quantitative estimate of drug-likeness (QED) is 0.906. The van der Waals surface area contributed by atoms with Crippen LogP contribution >= 0.6 is 0 Å². The summed E-state index contributed by atoms with van der Waals surface area (Å²) in [5.74, 6) is -0.190. The molecular weight excluding hydrogens is 265 g/mol. The summed E-state index contributed by atoms with van der Waals surface area (Å²) in [6, 6.07) is 5.73. The molecule has 0 aliphatic carbocycles. The van der Waals surface area contributed by atoms with Crippen LogP contribution in [-0.4, -0.2) is 15.8 Å². The van der Waals surface area contributed by atoms with Gasteiger partial charge in [0.1, 0.15) is 5.82 Å². The van der Waals surface area contributed by atoms with Gasteiger partial charge in [-0.25, -0.2) is 4.39 Å². The molecule has 0 aliphatic rings. The van der Waals surface area contributed by atoms with Gasteiger partial charge in [0, 0.05) is 36.0 Å². The topological polar surface area (TPSA) is 29.9 Å². The third kappa shape index (κ3) is 3.32. The van der Waals surface area contributed by atoms with Crippen molar-refractivity contribution in [2.24, 2.45) is 0 Å². The highest BCUT2D eigenvalue weighted by molar-refractivity contribution is 5.69. The largest absolute Gasteiger partial charge is 0.310 e. The number of aryl methyl sites for hydroxylation is 2. The molecule has 1 aromatic carbocycles. The molecular formula is C17H24FN3. The molecule has 2 rings (SSSR count). The Morgan fingerprint density at radius 1 is 1.29 bits per heavy atom. The Labute approximate surface area is 126 Å². The summed E-state index contributed by atoms with van der Waals surface area (Å²) < 4.78 is 16.2. The molecule has 4 heteroatoms. The van der Waals surface area contributed by atoms with Gasteiger partial charge in [-0.2, -0.15) is 5.10 Å². The number of hydrogen-bond donors (Lipinski definition) is 1. The molecule has 2 aromatic rings. The Kier molecular flexibility index (Phi) is 4.78. The van der Waals surface area contributed by atoms with Gasteiger partial charge >= 0.3 is 0 Å². The van der Waals surface area contributed by atoms with E-state index in [1.165, 1.54) is 0 Å². The lowest BCUT2D eigenvalue weighted by molar-refractivity contribution is 0.586. The van der Waals surface area contributed by atoms with Crippen LogP contribution in [0.25, 0.3) is 11.1 Å². The first-order valence-electron chi connectivity index (χ1n) is 7.50. The Hall–Kier alpha value is -1.68. The third-order valence-electron chi connectivity index (χ3n) is 3.70. The van der Waals surface area contributed by atoms with Gasteiger partial charge in [0.15, 0.2) is 0 Å². The van der Waals surface area contributed by atoms with Crippen molar-refractivity contribution in [2.45, 2.75) is 53.8 Å². The van der Waals surface area contributed by atoms with Crippen molar-refractivity contribution in [1.29, 1.82) is 0 Å². The van der Waals surface area contributed by atoms with Crippen molar-refractivity contribution in [3.63, 3.8) is 0 Å². The highest BCUT2D eigenvalue weighted by Crippen LogP contribution is 2.30. The minimum atomic E-state index is -0.190. The van der Waals surface area contributed by atoms with Crippen molar-refractivity contribution in [1.82, 2.24) is 15.1 Å². The average molecular weight is 289 g/mol. The summed E-state index contributed by atoms with van der Waals surface area (Å²) in [6.45, 7) is 11.7. The standard InChI is InChI=1S/C17H24FN3/c1-6-21-13(5)17(12(4)20-21)15-9-14(7-8-16(15)18)10-19-11(2)3/h7-9,11,19H,6,10H2,1-5H3. The van der Waals surface area contributed by atoms with Crippen LogP contribution in [0.5, 0.6) is 0 Å². The first kappa shape index (κ1) is 15.7. The smallest absolute Gasteiger partial charge is 0.131 e. The van der Waals surface area contributed by atoms with Gasteiger partial charge in [-0.15, -0.1) is 0 Å². The molecule has 0 aliphatic heterocycles. The van der Waals surface area contributed by atoms with E-state index in [1.807, 2.05) is 37.6 Å². The first-order chi connectivity index (χ1) is 9.93. The summed E-state index contributed by atoms with van der Waals surface area (Å²) in [4.78, 5) is 0. The first-order valence-corrected chi connectivity index (χ1v) is 7.50. The summed E-state index contributed by atoms with van der Waals surface area (Å²) in [5.41, 5.74) is 4.54. The zero-order valence-corrected chi connectivity index (χ0v) is 13.5. The fraction of sp³-hybridized carbons (Fsp3) is 0.471. The molecule has 21 heavy (non-hydrogen) atoms. The molecule has 0 amide bonds. The highest BCUT2D eigenvalue weighted by atomic mass is 19.1. The third-order valence-corrected chi connectivity index (χ3v) is 3.70. The van der Waals surface area contributed by atoms with Crippen LogP contribution in [0.3, 0.4) is 0 Å². The van der Waals surface area contributed by atoms with Crippen molar-refractivity contribution < 1.29 is 4.39 Å². The minimum Gasteiger partial charge on any atom is -0.310 e. The number of nitrogens with zero attached hydrogens (tertiary/aromatic N) is 2. The Bertz CT molecular complexity index is 629. The van der Waals surface area contributed by atoms with Crippen LogP contribution in [-0.2, 0) is 13.1 Å². The van der Waals surface area contributed by atoms with Crippen LogP contribution in [0.4, 0.5) is 4.39 Å². The van der Waals surface area contributed by atoms with Gasteiger partial charge in [0.2, 0.25) is 0 Å². The van der Waals surface area contributed by atoms with E-state index >= 15 is 0 Å². The molecule has 0 bridgehead atoms. The summed E-state index contributed by atoms with van der Waals surface area (Å²) in [6.07, 6.45) is 0. The van der Waals surface area contributed by atoms with Gasteiger partial charge in [0.05, 0.1) is 5.69 Å². The maximum atomic E-state index is 14.3. The Morgan fingerprint density at radius 2 is 2.00 bits per heavy atom. The van der Waals surface area contributed by atoms with E-state index in [0.29, 0.717) is 11.6 Å². The molecule has 3 nitrogen and oxygen atoms in total. The maximum absolute atomic E-state index is 14.3. The average Bonchev–Trinajstić information content (AvgIpc) is 2.72. The monoisotopic (exact) mass is 289 g/mol. The lowest BCUT2D eigenvalue weighted by atomic mass is 10.0. The minimum absolute atomic E-state index is 0.190. The number of aromatic nitrogens is 2. The zero-order valence-electron chi connectivity index (χ0n) is 13.5. The van der Waals surface area contributed by atoms with E-state index in [1.54, 1.807) is 6.07 Å². The van der Waals surface area contributed by atoms with E-state index in [2.05, 4.69) is 24.3 Å². The molecule has 0 saturated carbocycles. The predicted molar refractivity (Wildman–Crippen MR) is 84.7 cm³/mol. The van der Waals surface area contributed by atoms with Gasteiger partial charge in [-0.3, -0.25) is 4.68 Å². The highest BCUT2D eigenvalue weighted by Gasteiger charge is 2.16. The molecule has 0 atom stereocenters. The zero-order chi connectivity index (χ0) is 15.6. The van der Waals surface area contributed by atoms with E-state index in [0.717, 1.165) is 35.6 Å². The van der Waals surface area contributed by atoms with Crippen LogP contribution in [0, 0.1) is 19.7 Å². The van der Waals surface area contributed by atoms with E-state index in [4.69, 9.17) is 0 Å². The second-order valence-electron chi connectivity index (χ2n) is 5.71. The van der Waals surface area contributed by atoms with Gasteiger partial charge in [0.25, 0.3) is 0 Å². The van der Waals surface area contributed by atoms with Crippen molar-refractivity contribution in [3.8, 4) is 11.1 Å². The number of hydrogen-bond acceptors (Lipinski definition) is 2. The molecule has 1 aromatic heterocycles. The Morgan fingerprint density at radius 3 is 2.57 bits per heavy atom. The molecule has 0 saturated heterocycles. The SMILES string of the molecule is CCn1nc(C)c(-c2cc(CNC(C)C)ccc2F)c1C. The van der Waals surface area contributed by atoms with Gasteiger partial charge in [-0.1, -0.05) is 19.9 Å². The lowest BCUT2D eigenvalue weighted by Gasteiger charge is -2.11. The normalized spacial score (nSPS) is 11.4. The van der Waals surface area contributed by atoms with E-state index in [-0.39, 0.29) is 5.82 Å². The molecule has 0 radical (unpaired) electrons. The molecule has 0 unspecified atom stereocenters. The molecule has 0 fully saturated rings. The predicted octanol–water partition coefficient (Wildman–Crippen LogP) is 3.82. The van der Waals surface area contributed by atoms with Crippen LogP contribution in [0.15, 0.2) is 18.2 Å². The fourth-order valence-electron chi connectivity index (χ4n) is 2.59. The number of halogens is 1. The molecule has 0 spiro atoms. The van der Waals surface area contributed by atoms with Crippen molar-refractivity contribution in [3.05, 3.63) is 41.0 Å². The van der Waals surface area contributed by atoms with Crippen molar-refractivity contribution in [2.75, 3.05) is 0 Å². The fourth-order valence-corrected chi connectivity index (χ4v) is 2.59. The molecule has 1 heterocycles. The lowest BCUT2D eigenvalue weighted by Crippen LogP contribution is -2.21. The van der Waals surface area contributed by atoms with E-state index in [9.17, 15) is 4.39 Å². The molecule has 1 N–H and O–H groups in total. The van der Waals surface area contributed by atoms with E-state index < -0.39 is 0 Å². The number of rotatable bonds is 5. The summed E-state index contributed by atoms with van der Waals surface area (Å²) in [7, 11) is 0. The van der Waals surface area contributed by atoms with Gasteiger partial charge in [-0.05, 0) is 38.5 Å². The summed E-state index contributed by atoms with van der Waals surface area (Å²) in [5, 5.41) is 7.85. The summed E-state index contributed by atoms with van der Waals surface area (Å²) >= 11 is 0. The van der Waals surface area contributed by atoms with Crippen molar-refractivity contribution >= 4 is 0 Å². The van der Waals surface area contributed by atoms with Crippen LogP contribution in [0.1, 0.15) is 37.7 Å². The maximum Gasteiger partial charge on any atom is 0.131 e. The number of nitrogens with one attached hydrogen (secondary N) is 1.